The van der Waals surface area contributed by atoms with Crippen molar-refractivity contribution in [2.24, 2.45) is 14.1 Å². The second-order valence-electron chi connectivity index (χ2n) is 7.12. The minimum atomic E-state index is -0.167. The van der Waals surface area contributed by atoms with Gasteiger partial charge in [-0.15, -0.1) is 0 Å². The molecule has 0 bridgehead atoms. The lowest BCUT2D eigenvalue weighted by Crippen LogP contribution is -2.19. The van der Waals surface area contributed by atoms with Crippen molar-refractivity contribution in [1.29, 1.82) is 0 Å². The maximum Gasteiger partial charge on any atom is 0.328 e. The van der Waals surface area contributed by atoms with E-state index in [2.05, 4.69) is 35.7 Å². The van der Waals surface area contributed by atoms with E-state index in [1.807, 2.05) is 12.1 Å². The van der Waals surface area contributed by atoms with Gasteiger partial charge in [0.25, 0.3) is 0 Å². The summed E-state index contributed by atoms with van der Waals surface area (Å²) in [5, 5.41) is 0. The second kappa shape index (κ2) is 4.59. The van der Waals surface area contributed by atoms with Crippen molar-refractivity contribution in [3.8, 4) is 11.5 Å². The van der Waals surface area contributed by atoms with Gasteiger partial charge >= 0.3 is 5.69 Å². The van der Waals surface area contributed by atoms with Crippen LogP contribution in [0.25, 0.3) is 33.6 Å². The summed E-state index contributed by atoms with van der Waals surface area (Å²) < 4.78 is 8.83. The summed E-state index contributed by atoms with van der Waals surface area (Å²) in [6.07, 6.45) is 1.45. The van der Waals surface area contributed by atoms with Crippen LogP contribution in [0, 0.1) is 0 Å². The molecule has 0 fully saturated rings. The van der Waals surface area contributed by atoms with Gasteiger partial charge in [0, 0.05) is 19.5 Å². The van der Waals surface area contributed by atoms with Crippen molar-refractivity contribution in [3.63, 3.8) is 0 Å². The molecule has 0 unspecified atom stereocenters. The lowest BCUT2D eigenvalue weighted by molar-refractivity contribution is 0.409. The molecule has 0 radical (unpaired) electrons. The van der Waals surface area contributed by atoms with Crippen LogP contribution in [0.3, 0.4) is 0 Å². The fraction of sp³-hybridized carbons (Fsp3) is 0.353. The van der Waals surface area contributed by atoms with Crippen LogP contribution in [-0.4, -0.2) is 24.1 Å². The first-order valence-corrected chi connectivity index (χ1v) is 7.77. The summed E-state index contributed by atoms with van der Waals surface area (Å²) in [5.41, 5.74) is 3.87. The first-order valence-electron chi connectivity index (χ1n) is 7.77. The predicted molar refractivity (Wildman–Crippen MR) is 92.0 cm³/mol. The Morgan fingerprint density at radius 2 is 1.79 bits per heavy atom. The zero-order valence-corrected chi connectivity index (χ0v) is 14.3. The quantitative estimate of drug-likeness (QED) is 0.583. The number of oxazole rings is 1. The molecule has 3 aromatic heterocycles. The fourth-order valence-electron chi connectivity index (χ4n) is 3.06. The lowest BCUT2D eigenvalue weighted by Gasteiger charge is -2.15. The Morgan fingerprint density at radius 3 is 2.46 bits per heavy atom. The Labute approximate surface area is 137 Å². The summed E-state index contributed by atoms with van der Waals surface area (Å²) in [6.45, 7) is 6.22. The molecule has 4 aromatic rings. The molecule has 0 spiro atoms. The molecule has 0 amide bonds. The number of nitrogens with one attached hydrogen (secondary N) is 1. The van der Waals surface area contributed by atoms with E-state index >= 15 is 0 Å². The molecule has 0 aliphatic heterocycles. The number of hydrogen-bond donors (Lipinski definition) is 1. The van der Waals surface area contributed by atoms with Crippen molar-refractivity contribution in [3.05, 3.63) is 34.8 Å². The van der Waals surface area contributed by atoms with E-state index < -0.39 is 0 Å². The lowest BCUT2D eigenvalue weighted by atomic mass is 9.91. The number of imidazole rings is 2. The molecular formula is C17H19N5O2. The van der Waals surface area contributed by atoms with Crippen LogP contribution in [0.5, 0.6) is 0 Å². The molecule has 124 valence electrons. The number of fused-ring (bicyclic) bond motifs is 2. The number of benzene rings is 1. The summed E-state index contributed by atoms with van der Waals surface area (Å²) in [7, 11) is 3.53. The number of aromatic nitrogens is 5. The third-order valence-electron chi connectivity index (χ3n) is 4.35. The maximum absolute atomic E-state index is 12.1. The molecule has 0 aliphatic carbocycles. The van der Waals surface area contributed by atoms with E-state index in [0.29, 0.717) is 5.82 Å². The van der Waals surface area contributed by atoms with Gasteiger partial charge in [0.05, 0.1) is 22.1 Å². The van der Waals surface area contributed by atoms with Gasteiger partial charge in [0.1, 0.15) is 11.5 Å². The van der Waals surface area contributed by atoms with Gasteiger partial charge < -0.3 is 9.40 Å². The van der Waals surface area contributed by atoms with Gasteiger partial charge in [-0.3, -0.25) is 9.13 Å². The van der Waals surface area contributed by atoms with Crippen LogP contribution < -0.4 is 5.69 Å². The largest absolute Gasteiger partial charge is 0.447 e. The van der Waals surface area contributed by atoms with Crippen molar-refractivity contribution < 1.29 is 4.42 Å². The van der Waals surface area contributed by atoms with Gasteiger partial charge in [0.2, 0.25) is 0 Å². The van der Waals surface area contributed by atoms with Crippen LogP contribution in [-0.2, 0) is 19.5 Å². The van der Waals surface area contributed by atoms with Crippen molar-refractivity contribution in [1.82, 2.24) is 24.1 Å². The summed E-state index contributed by atoms with van der Waals surface area (Å²) in [4.78, 5) is 24.4. The smallest absolute Gasteiger partial charge is 0.328 e. The molecule has 24 heavy (non-hydrogen) atoms. The number of hydrogen-bond acceptors (Lipinski definition) is 4. The number of H-pyrrole nitrogens is 1. The molecule has 0 saturated heterocycles. The Balaban J connectivity index is 1.97. The normalized spacial score (nSPS) is 12.5. The van der Waals surface area contributed by atoms with Gasteiger partial charge in [-0.25, -0.2) is 14.8 Å². The molecule has 7 heteroatoms. The molecule has 0 atom stereocenters. The van der Waals surface area contributed by atoms with Gasteiger partial charge in [-0.2, -0.15) is 0 Å². The van der Waals surface area contributed by atoms with Crippen molar-refractivity contribution in [2.75, 3.05) is 0 Å². The molecule has 4 rings (SSSR count). The van der Waals surface area contributed by atoms with E-state index in [0.717, 1.165) is 33.5 Å². The highest BCUT2D eigenvalue weighted by Crippen LogP contribution is 2.32. The van der Waals surface area contributed by atoms with E-state index in [1.165, 1.54) is 6.39 Å². The first-order chi connectivity index (χ1) is 11.3. The SMILES string of the molecule is Cn1c(=O)n(C)c2cc3[nH]c(-c4ncoc4C(C)(C)C)nc3cc21. The summed E-state index contributed by atoms with van der Waals surface area (Å²) in [5.74, 6) is 1.46. The minimum absolute atomic E-state index is 0.0515. The molecule has 3 heterocycles. The van der Waals surface area contributed by atoms with Crippen LogP contribution in [0.15, 0.2) is 27.7 Å². The Morgan fingerprint density at radius 1 is 1.12 bits per heavy atom. The molecule has 1 aromatic carbocycles. The van der Waals surface area contributed by atoms with Gasteiger partial charge in [-0.1, -0.05) is 20.8 Å². The average molecular weight is 325 g/mol. The van der Waals surface area contributed by atoms with Crippen molar-refractivity contribution >= 4 is 22.1 Å². The highest BCUT2D eigenvalue weighted by Gasteiger charge is 2.25. The first kappa shape index (κ1) is 14.7. The number of nitrogens with zero attached hydrogens (tertiary/aromatic N) is 4. The fourth-order valence-corrected chi connectivity index (χ4v) is 3.06. The standard InChI is InChI=1S/C17H19N5O2/c1-17(2,3)14-13(18-8-24-14)15-19-9-6-11-12(7-10(9)20-15)22(5)16(23)21(11)4/h6-8H,1-5H3,(H,19,20). The van der Waals surface area contributed by atoms with Crippen molar-refractivity contribution in [2.45, 2.75) is 26.2 Å². The second-order valence-corrected chi connectivity index (χ2v) is 7.12. The third-order valence-corrected chi connectivity index (χ3v) is 4.35. The summed E-state index contributed by atoms with van der Waals surface area (Å²) in [6, 6.07) is 3.86. The molecule has 0 aliphatic rings. The average Bonchev–Trinajstić information content (AvgIpc) is 3.19. The Hall–Kier alpha value is -2.83. The van der Waals surface area contributed by atoms with Crippen LogP contribution in [0.4, 0.5) is 0 Å². The minimum Gasteiger partial charge on any atom is -0.447 e. The van der Waals surface area contributed by atoms with E-state index in [9.17, 15) is 4.79 Å². The number of aromatic amines is 1. The Bertz CT molecular complexity index is 1070. The monoisotopic (exact) mass is 325 g/mol. The van der Waals surface area contributed by atoms with E-state index in [1.54, 1.807) is 23.2 Å². The Kier molecular flexibility index (Phi) is 2.82. The van der Waals surface area contributed by atoms with Crippen LogP contribution >= 0.6 is 0 Å². The highest BCUT2D eigenvalue weighted by atomic mass is 16.3. The molecule has 1 N–H and O–H groups in total. The third kappa shape index (κ3) is 1.94. The number of aryl methyl sites for hydroxylation is 2. The maximum atomic E-state index is 12.1. The number of rotatable bonds is 1. The van der Waals surface area contributed by atoms with Gasteiger partial charge in [-0.05, 0) is 12.1 Å². The van der Waals surface area contributed by atoms with E-state index in [4.69, 9.17) is 4.42 Å². The highest BCUT2D eigenvalue weighted by molar-refractivity contribution is 5.93. The zero-order chi connectivity index (χ0) is 17.2. The molecular weight excluding hydrogens is 306 g/mol. The topological polar surface area (TPSA) is 81.6 Å². The van der Waals surface area contributed by atoms with Crippen LogP contribution in [0.2, 0.25) is 0 Å². The zero-order valence-electron chi connectivity index (χ0n) is 14.3. The predicted octanol–water partition coefficient (Wildman–Crippen LogP) is 2.71. The van der Waals surface area contributed by atoms with E-state index in [-0.39, 0.29) is 11.1 Å². The van der Waals surface area contributed by atoms with Crippen LogP contribution in [0.1, 0.15) is 26.5 Å². The van der Waals surface area contributed by atoms with Gasteiger partial charge in [0.15, 0.2) is 12.2 Å². The summed E-state index contributed by atoms with van der Waals surface area (Å²) >= 11 is 0. The molecule has 0 saturated carbocycles. The molecule has 7 nitrogen and oxygen atoms in total.